The Morgan fingerprint density at radius 1 is 1.27 bits per heavy atom. The average Bonchev–Trinajstić information content (AvgIpc) is 2.12. The number of hydrogen-bond donors (Lipinski definition) is 1. The SMILES string of the molecule is CC(C)CNCc1cccc(Cl)c1Cl.Cl. The lowest BCUT2D eigenvalue weighted by Gasteiger charge is -2.09. The second-order valence-corrected chi connectivity index (χ2v) is 4.52. The monoisotopic (exact) mass is 267 g/mol. The summed E-state index contributed by atoms with van der Waals surface area (Å²) in [5.41, 5.74) is 1.06. The van der Waals surface area contributed by atoms with Gasteiger partial charge in [-0.15, -0.1) is 12.4 Å². The van der Waals surface area contributed by atoms with Gasteiger partial charge in [-0.3, -0.25) is 0 Å². The van der Waals surface area contributed by atoms with Gasteiger partial charge in [-0.1, -0.05) is 49.2 Å². The van der Waals surface area contributed by atoms with Crippen LogP contribution in [-0.2, 0) is 6.54 Å². The lowest BCUT2D eigenvalue weighted by molar-refractivity contribution is 0.552. The van der Waals surface area contributed by atoms with E-state index in [2.05, 4.69) is 19.2 Å². The molecule has 1 aromatic rings. The van der Waals surface area contributed by atoms with Crippen LogP contribution in [0.15, 0.2) is 18.2 Å². The molecule has 0 bridgehead atoms. The third-order valence-corrected chi connectivity index (χ3v) is 2.76. The molecule has 0 saturated carbocycles. The number of nitrogens with one attached hydrogen (secondary N) is 1. The molecular formula is C11H16Cl3N. The van der Waals surface area contributed by atoms with E-state index in [-0.39, 0.29) is 12.4 Å². The van der Waals surface area contributed by atoms with Gasteiger partial charge in [0.2, 0.25) is 0 Å². The van der Waals surface area contributed by atoms with Gasteiger partial charge in [-0.2, -0.15) is 0 Å². The third kappa shape index (κ3) is 5.07. The molecule has 1 N–H and O–H groups in total. The van der Waals surface area contributed by atoms with Crippen LogP contribution in [0.5, 0.6) is 0 Å². The molecule has 0 aliphatic carbocycles. The third-order valence-electron chi connectivity index (χ3n) is 1.90. The largest absolute Gasteiger partial charge is 0.312 e. The Bertz CT molecular complexity index is 300. The fourth-order valence-corrected chi connectivity index (χ4v) is 1.57. The maximum atomic E-state index is 6.04. The summed E-state index contributed by atoms with van der Waals surface area (Å²) in [7, 11) is 0. The second kappa shape index (κ2) is 7.34. The van der Waals surface area contributed by atoms with E-state index in [4.69, 9.17) is 23.2 Å². The van der Waals surface area contributed by atoms with E-state index in [1.54, 1.807) is 6.07 Å². The zero-order valence-electron chi connectivity index (χ0n) is 8.89. The van der Waals surface area contributed by atoms with Crippen molar-refractivity contribution in [2.45, 2.75) is 20.4 Å². The summed E-state index contributed by atoms with van der Waals surface area (Å²) < 4.78 is 0. The van der Waals surface area contributed by atoms with Crippen molar-refractivity contribution < 1.29 is 0 Å². The molecule has 0 aliphatic heterocycles. The number of rotatable bonds is 4. The van der Waals surface area contributed by atoms with Gasteiger partial charge in [-0.25, -0.2) is 0 Å². The zero-order chi connectivity index (χ0) is 10.6. The highest BCUT2D eigenvalue weighted by Gasteiger charge is 2.03. The Morgan fingerprint density at radius 2 is 1.93 bits per heavy atom. The zero-order valence-corrected chi connectivity index (χ0v) is 11.2. The van der Waals surface area contributed by atoms with E-state index in [0.717, 1.165) is 18.7 Å². The molecule has 0 atom stereocenters. The predicted octanol–water partition coefficient (Wildman–Crippen LogP) is 4.16. The molecule has 0 saturated heterocycles. The first-order valence-corrected chi connectivity index (χ1v) is 5.50. The second-order valence-electron chi connectivity index (χ2n) is 3.74. The van der Waals surface area contributed by atoms with Crippen LogP contribution in [-0.4, -0.2) is 6.54 Å². The predicted molar refractivity (Wildman–Crippen MR) is 70.3 cm³/mol. The van der Waals surface area contributed by atoms with E-state index < -0.39 is 0 Å². The van der Waals surface area contributed by atoms with Crippen LogP contribution in [0.1, 0.15) is 19.4 Å². The van der Waals surface area contributed by atoms with Crippen molar-refractivity contribution in [2.75, 3.05) is 6.54 Å². The normalized spacial score (nSPS) is 10.2. The van der Waals surface area contributed by atoms with E-state index in [1.807, 2.05) is 12.1 Å². The molecule has 0 heterocycles. The molecule has 0 spiro atoms. The summed E-state index contributed by atoms with van der Waals surface area (Å²) >= 11 is 11.9. The maximum absolute atomic E-state index is 6.04. The first-order chi connectivity index (χ1) is 6.61. The summed E-state index contributed by atoms with van der Waals surface area (Å²) in [6.45, 7) is 6.11. The van der Waals surface area contributed by atoms with Crippen LogP contribution >= 0.6 is 35.6 Å². The lowest BCUT2D eigenvalue weighted by atomic mass is 10.2. The standard InChI is InChI=1S/C11H15Cl2N.ClH/c1-8(2)6-14-7-9-4-3-5-10(12)11(9)13;/h3-5,8,14H,6-7H2,1-2H3;1H. The fraction of sp³-hybridized carbons (Fsp3) is 0.455. The van der Waals surface area contributed by atoms with Crippen LogP contribution in [0.25, 0.3) is 0 Å². The minimum Gasteiger partial charge on any atom is -0.312 e. The molecule has 0 aromatic heterocycles. The first kappa shape index (κ1) is 15.0. The Labute approximate surface area is 108 Å². The van der Waals surface area contributed by atoms with Gasteiger partial charge in [0.15, 0.2) is 0 Å². The molecule has 86 valence electrons. The molecule has 15 heavy (non-hydrogen) atoms. The average molecular weight is 269 g/mol. The van der Waals surface area contributed by atoms with Crippen molar-refractivity contribution in [3.63, 3.8) is 0 Å². The summed E-state index contributed by atoms with van der Waals surface area (Å²) in [6, 6.07) is 5.71. The van der Waals surface area contributed by atoms with Crippen LogP contribution < -0.4 is 5.32 Å². The maximum Gasteiger partial charge on any atom is 0.0637 e. The fourth-order valence-electron chi connectivity index (χ4n) is 1.18. The van der Waals surface area contributed by atoms with Crippen molar-refractivity contribution in [3.8, 4) is 0 Å². The quantitative estimate of drug-likeness (QED) is 0.864. The first-order valence-electron chi connectivity index (χ1n) is 4.75. The van der Waals surface area contributed by atoms with Crippen LogP contribution in [0.3, 0.4) is 0 Å². The van der Waals surface area contributed by atoms with Gasteiger partial charge in [0.1, 0.15) is 0 Å². The summed E-state index contributed by atoms with van der Waals surface area (Å²) in [4.78, 5) is 0. The smallest absolute Gasteiger partial charge is 0.0637 e. The molecule has 0 amide bonds. The molecular weight excluding hydrogens is 252 g/mol. The highest BCUT2D eigenvalue weighted by atomic mass is 35.5. The van der Waals surface area contributed by atoms with Crippen molar-refractivity contribution in [3.05, 3.63) is 33.8 Å². The lowest BCUT2D eigenvalue weighted by Crippen LogP contribution is -2.19. The Hall–Kier alpha value is 0.0500. The van der Waals surface area contributed by atoms with Crippen molar-refractivity contribution in [2.24, 2.45) is 5.92 Å². The highest BCUT2D eigenvalue weighted by Crippen LogP contribution is 2.25. The van der Waals surface area contributed by atoms with E-state index in [0.29, 0.717) is 16.0 Å². The van der Waals surface area contributed by atoms with Gasteiger partial charge < -0.3 is 5.32 Å². The van der Waals surface area contributed by atoms with E-state index in [9.17, 15) is 0 Å². The minimum atomic E-state index is 0. The van der Waals surface area contributed by atoms with Crippen molar-refractivity contribution in [1.82, 2.24) is 5.32 Å². The Kier molecular flexibility index (Phi) is 7.37. The molecule has 0 radical (unpaired) electrons. The number of benzene rings is 1. The molecule has 0 fully saturated rings. The summed E-state index contributed by atoms with van der Waals surface area (Å²) in [6.07, 6.45) is 0. The molecule has 0 unspecified atom stereocenters. The van der Waals surface area contributed by atoms with E-state index >= 15 is 0 Å². The van der Waals surface area contributed by atoms with Gasteiger partial charge in [-0.05, 0) is 24.1 Å². The van der Waals surface area contributed by atoms with Crippen molar-refractivity contribution in [1.29, 1.82) is 0 Å². The van der Waals surface area contributed by atoms with Crippen LogP contribution in [0.2, 0.25) is 10.0 Å². The number of hydrogen-bond acceptors (Lipinski definition) is 1. The van der Waals surface area contributed by atoms with Gasteiger partial charge >= 0.3 is 0 Å². The summed E-state index contributed by atoms with van der Waals surface area (Å²) in [5, 5.41) is 4.60. The van der Waals surface area contributed by atoms with Crippen LogP contribution in [0, 0.1) is 5.92 Å². The topological polar surface area (TPSA) is 12.0 Å². The molecule has 4 heteroatoms. The van der Waals surface area contributed by atoms with Crippen molar-refractivity contribution >= 4 is 35.6 Å². The summed E-state index contributed by atoms with van der Waals surface area (Å²) in [5.74, 6) is 0.646. The minimum absolute atomic E-state index is 0. The molecule has 1 aromatic carbocycles. The Morgan fingerprint density at radius 3 is 2.53 bits per heavy atom. The van der Waals surface area contributed by atoms with Gasteiger partial charge in [0, 0.05) is 6.54 Å². The van der Waals surface area contributed by atoms with Gasteiger partial charge in [0.25, 0.3) is 0 Å². The molecule has 0 aliphatic rings. The Balaban J connectivity index is 0.00000196. The molecule has 1 rings (SSSR count). The highest BCUT2D eigenvalue weighted by molar-refractivity contribution is 6.42. The van der Waals surface area contributed by atoms with E-state index in [1.165, 1.54) is 0 Å². The number of halogens is 3. The van der Waals surface area contributed by atoms with Gasteiger partial charge in [0.05, 0.1) is 10.0 Å². The van der Waals surface area contributed by atoms with Crippen LogP contribution in [0.4, 0.5) is 0 Å². The molecule has 1 nitrogen and oxygen atoms in total.